The number of aliphatic hydroxyl groups excluding tert-OH is 1. The van der Waals surface area contributed by atoms with E-state index < -0.39 is 17.7 Å². The topological polar surface area (TPSA) is 66.8 Å². The summed E-state index contributed by atoms with van der Waals surface area (Å²) in [6, 6.07) is 25.3. The smallest absolute Gasteiger partial charge is 0.294 e. The van der Waals surface area contributed by atoms with Gasteiger partial charge in [0.25, 0.3) is 5.91 Å². The minimum absolute atomic E-state index is 0.123. The molecule has 1 atom stereocenters. The number of rotatable bonds is 7. The summed E-state index contributed by atoms with van der Waals surface area (Å²) in [4.78, 5) is 27.9. The largest absolute Gasteiger partial charge is 0.503 e. The Morgan fingerprint density at radius 1 is 0.935 bits per heavy atom. The van der Waals surface area contributed by atoms with E-state index in [1.54, 1.807) is 24.3 Å². The summed E-state index contributed by atoms with van der Waals surface area (Å²) in [5.74, 6) is -0.872. The molecular weight excluding hydrogens is 390 g/mol. The number of para-hydroxylation sites is 2. The average molecular weight is 413 g/mol. The van der Waals surface area contributed by atoms with E-state index >= 15 is 0 Å². The fourth-order valence-corrected chi connectivity index (χ4v) is 3.96. The maximum Gasteiger partial charge on any atom is 0.294 e. The Morgan fingerprint density at radius 3 is 2.23 bits per heavy atom. The van der Waals surface area contributed by atoms with Crippen LogP contribution in [0.4, 0.5) is 5.69 Å². The number of ketones is 1. The SMILES string of the molecule is COc1ccccc1N1C(=O)C(O)=C(C(=O)CCc2ccccc2)C1c1ccccc1. The van der Waals surface area contributed by atoms with E-state index in [-0.39, 0.29) is 17.8 Å². The Balaban J connectivity index is 1.74. The number of carbonyl (C=O) groups excluding carboxylic acids is 2. The van der Waals surface area contributed by atoms with Crippen LogP contribution in [0.1, 0.15) is 23.6 Å². The molecule has 1 unspecified atom stereocenters. The number of benzene rings is 3. The molecule has 0 fully saturated rings. The van der Waals surface area contributed by atoms with Crippen LogP contribution in [0.3, 0.4) is 0 Å². The summed E-state index contributed by atoms with van der Waals surface area (Å²) in [5, 5.41) is 10.8. The third-order valence-corrected chi connectivity index (χ3v) is 5.45. The van der Waals surface area contributed by atoms with Crippen molar-refractivity contribution in [2.75, 3.05) is 12.0 Å². The number of methoxy groups -OCH3 is 1. The first-order valence-corrected chi connectivity index (χ1v) is 10.1. The molecule has 3 aromatic carbocycles. The number of anilines is 1. The number of carbonyl (C=O) groups is 2. The number of hydrogen-bond donors (Lipinski definition) is 1. The van der Waals surface area contributed by atoms with E-state index in [2.05, 4.69) is 0 Å². The molecule has 1 amide bonds. The molecule has 1 aliphatic rings. The highest BCUT2D eigenvalue weighted by atomic mass is 16.5. The summed E-state index contributed by atoms with van der Waals surface area (Å²) in [7, 11) is 1.52. The Kier molecular flexibility index (Phi) is 5.85. The number of ether oxygens (including phenoxy) is 1. The first kappa shape index (κ1) is 20.4. The minimum Gasteiger partial charge on any atom is -0.503 e. The molecule has 0 spiro atoms. The van der Waals surface area contributed by atoms with Gasteiger partial charge in [0.2, 0.25) is 0 Å². The molecule has 1 N–H and O–H groups in total. The zero-order chi connectivity index (χ0) is 21.8. The van der Waals surface area contributed by atoms with Crippen molar-refractivity contribution in [3.63, 3.8) is 0 Å². The standard InChI is InChI=1S/C26H23NO4/c1-31-22-15-9-8-14-20(22)27-24(19-12-6-3-7-13-19)23(25(29)26(27)30)21(28)17-16-18-10-4-2-5-11-18/h2-15,24,29H,16-17H2,1H3. The predicted molar refractivity (Wildman–Crippen MR) is 119 cm³/mol. The van der Waals surface area contributed by atoms with E-state index in [1.165, 1.54) is 12.0 Å². The lowest BCUT2D eigenvalue weighted by Gasteiger charge is -2.28. The van der Waals surface area contributed by atoms with Crippen LogP contribution in [0, 0.1) is 0 Å². The molecule has 5 heteroatoms. The lowest BCUT2D eigenvalue weighted by Crippen LogP contribution is -2.31. The minimum atomic E-state index is -0.728. The van der Waals surface area contributed by atoms with Gasteiger partial charge in [-0.2, -0.15) is 0 Å². The lowest BCUT2D eigenvalue weighted by atomic mass is 9.93. The van der Waals surface area contributed by atoms with Crippen LogP contribution in [0.5, 0.6) is 5.75 Å². The van der Waals surface area contributed by atoms with Crippen molar-refractivity contribution in [3.8, 4) is 5.75 Å². The van der Waals surface area contributed by atoms with Crippen molar-refractivity contribution in [3.05, 3.63) is 107 Å². The summed E-state index contributed by atoms with van der Waals surface area (Å²) < 4.78 is 5.45. The lowest BCUT2D eigenvalue weighted by molar-refractivity contribution is -0.118. The second-order valence-corrected chi connectivity index (χ2v) is 7.33. The zero-order valence-electron chi connectivity index (χ0n) is 17.2. The van der Waals surface area contributed by atoms with Gasteiger partial charge in [-0.05, 0) is 29.7 Å². The van der Waals surface area contributed by atoms with E-state index in [0.29, 0.717) is 17.9 Å². The van der Waals surface area contributed by atoms with Crippen LogP contribution >= 0.6 is 0 Å². The molecule has 0 aromatic heterocycles. The molecule has 3 aromatic rings. The summed E-state index contributed by atoms with van der Waals surface area (Å²) in [5.41, 5.74) is 2.39. The molecule has 4 rings (SSSR count). The van der Waals surface area contributed by atoms with Crippen LogP contribution in [0.2, 0.25) is 0 Å². The first-order chi connectivity index (χ1) is 15.1. The zero-order valence-corrected chi connectivity index (χ0v) is 17.2. The van der Waals surface area contributed by atoms with Gasteiger partial charge in [0.1, 0.15) is 5.75 Å². The maximum absolute atomic E-state index is 13.3. The van der Waals surface area contributed by atoms with Gasteiger partial charge in [-0.3, -0.25) is 14.5 Å². The van der Waals surface area contributed by atoms with Gasteiger partial charge in [0, 0.05) is 6.42 Å². The number of nitrogens with zero attached hydrogens (tertiary/aromatic N) is 1. The molecule has 0 saturated carbocycles. The van der Waals surface area contributed by atoms with Crippen LogP contribution < -0.4 is 9.64 Å². The number of amides is 1. The molecule has 0 saturated heterocycles. The number of Topliss-reactive ketones (excluding diaryl/α,β-unsaturated/α-hetero) is 1. The van der Waals surface area contributed by atoms with Crippen molar-refractivity contribution >= 4 is 17.4 Å². The van der Waals surface area contributed by atoms with Crippen molar-refractivity contribution in [2.24, 2.45) is 0 Å². The van der Waals surface area contributed by atoms with Crippen LogP contribution in [-0.4, -0.2) is 23.9 Å². The Labute approximate surface area is 181 Å². The number of aliphatic hydroxyl groups is 1. The molecule has 5 nitrogen and oxygen atoms in total. The number of aryl methyl sites for hydroxylation is 1. The fraction of sp³-hybridized carbons (Fsp3) is 0.154. The van der Waals surface area contributed by atoms with Crippen LogP contribution in [0.15, 0.2) is 96.3 Å². The van der Waals surface area contributed by atoms with E-state index in [9.17, 15) is 14.7 Å². The van der Waals surface area contributed by atoms with Crippen molar-refractivity contribution in [1.29, 1.82) is 0 Å². The van der Waals surface area contributed by atoms with E-state index in [4.69, 9.17) is 4.74 Å². The van der Waals surface area contributed by atoms with Crippen LogP contribution in [-0.2, 0) is 16.0 Å². The highest BCUT2D eigenvalue weighted by Gasteiger charge is 2.44. The summed E-state index contributed by atoms with van der Waals surface area (Å²) in [6.07, 6.45) is 0.723. The van der Waals surface area contributed by atoms with E-state index in [1.807, 2.05) is 60.7 Å². The Bertz CT molecular complexity index is 1120. The van der Waals surface area contributed by atoms with Crippen molar-refractivity contribution < 1.29 is 19.4 Å². The highest BCUT2D eigenvalue weighted by Crippen LogP contribution is 2.44. The Hall–Kier alpha value is -3.86. The van der Waals surface area contributed by atoms with Crippen LogP contribution in [0.25, 0.3) is 0 Å². The molecule has 1 aliphatic heterocycles. The predicted octanol–water partition coefficient (Wildman–Crippen LogP) is 4.80. The average Bonchev–Trinajstić information content (AvgIpc) is 3.09. The third-order valence-electron chi connectivity index (χ3n) is 5.45. The van der Waals surface area contributed by atoms with Gasteiger partial charge in [0.05, 0.1) is 24.4 Å². The van der Waals surface area contributed by atoms with Gasteiger partial charge in [-0.25, -0.2) is 0 Å². The maximum atomic E-state index is 13.3. The monoisotopic (exact) mass is 413 g/mol. The quantitative estimate of drug-likeness (QED) is 0.604. The summed E-state index contributed by atoms with van der Waals surface area (Å²) >= 11 is 0. The molecule has 156 valence electrons. The van der Waals surface area contributed by atoms with E-state index in [0.717, 1.165) is 11.1 Å². The Morgan fingerprint density at radius 2 is 1.55 bits per heavy atom. The van der Waals surface area contributed by atoms with Gasteiger partial charge in [-0.1, -0.05) is 72.8 Å². The molecular formula is C26H23NO4. The molecule has 31 heavy (non-hydrogen) atoms. The summed E-state index contributed by atoms with van der Waals surface area (Å²) in [6.45, 7) is 0. The highest BCUT2D eigenvalue weighted by molar-refractivity contribution is 6.17. The van der Waals surface area contributed by atoms with Crippen molar-refractivity contribution in [2.45, 2.75) is 18.9 Å². The third kappa shape index (κ3) is 3.94. The fourth-order valence-electron chi connectivity index (χ4n) is 3.96. The molecule has 0 radical (unpaired) electrons. The second-order valence-electron chi connectivity index (χ2n) is 7.33. The first-order valence-electron chi connectivity index (χ1n) is 10.1. The second kappa shape index (κ2) is 8.88. The van der Waals surface area contributed by atoms with Gasteiger partial charge in [0.15, 0.2) is 11.5 Å². The van der Waals surface area contributed by atoms with Crippen molar-refractivity contribution in [1.82, 2.24) is 0 Å². The molecule has 1 heterocycles. The normalized spacial score (nSPS) is 16.0. The number of hydrogen-bond acceptors (Lipinski definition) is 4. The van der Waals surface area contributed by atoms with Gasteiger partial charge in [-0.15, -0.1) is 0 Å². The molecule has 0 aliphatic carbocycles. The molecule has 0 bridgehead atoms. The van der Waals surface area contributed by atoms with Gasteiger partial charge < -0.3 is 9.84 Å². The van der Waals surface area contributed by atoms with Gasteiger partial charge >= 0.3 is 0 Å².